The van der Waals surface area contributed by atoms with Crippen molar-refractivity contribution in [2.45, 2.75) is 219 Å². The zero-order valence-corrected chi connectivity index (χ0v) is 34.4. The van der Waals surface area contributed by atoms with Crippen LogP contribution in [0.15, 0.2) is 48.6 Å². The van der Waals surface area contributed by atoms with E-state index in [2.05, 4.69) is 61.7 Å². The summed E-state index contributed by atoms with van der Waals surface area (Å²) in [5, 5.41) is 11.9. The molecule has 0 aromatic rings. The number of carbonyl (C=O) groups is 3. The lowest BCUT2D eigenvalue weighted by atomic mass is 10.1. The molecule has 306 valence electrons. The molecule has 1 amide bonds. The smallest absolute Gasteiger partial charge is 0.326 e. The molecule has 0 aromatic heterocycles. The normalized spacial score (nSPS) is 13.1. The van der Waals surface area contributed by atoms with Crippen LogP contribution in [0.2, 0.25) is 0 Å². The van der Waals surface area contributed by atoms with E-state index in [4.69, 9.17) is 10.5 Å². The molecule has 53 heavy (non-hydrogen) atoms. The Morgan fingerprint density at radius 2 is 1.04 bits per heavy atom. The number of aliphatic carboxylic acids is 1. The maximum absolute atomic E-state index is 12.7. The number of nitrogens with one attached hydrogen (secondary N) is 1. The van der Waals surface area contributed by atoms with E-state index in [0.717, 1.165) is 57.8 Å². The van der Waals surface area contributed by atoms with Crippen LogP contribution in [0.3, 0.4) is 0 Å². The highest BCUT2D eigenvalue weighted by atomic mass is 16.5. The van der Waals surface area contributed by atoms with E-state index >= 15 is 0 Å². The molecule has 0 aromatic carbocycles. The van der Waals surface area contributed by atoms with Crippen LogP contribution in [0.5, 0.6) is 0 Å². The topological polar surface area (TPSA) is 119 Å². The summed E-state index contributed by atoms with van der Waals surface area (Å²) < 4.78 is 5.92. The molecule has 0 bridgehead atoms. The number of rotatable bonds is 39. The van der Waals surface area contributed by atoms with E-state index in [1.54, 1.807) is 0 Å². The lowest BCUT2D eigenvalue weighted by Crippen LogP contribution is -2.40. The second kappa shape index (κ2) is 40.5. The first-order chi connectivity index (χ1) is 25.9. The molecule has 7 nitrogen and oxygen atoms in total. The second-order valence-corrected chi connectivity index (χ2v) is 14.7. The highest BCUT2D eigenvalue weighted by molar-refractivity contribution is 5.83. The molecule has 0 saturated heterocycles. The predicted molar refractivity (Wildman–Crippen MR) is 225 cm³/mol. The lowest BCUT2D eigenvalue weighted by molar-refractivity contribution is -0.147. The van der Waals surface area contributed by atoms with Crippen LogP contribution >= 0.6 is 0 Å². The van der Waals surface area contributed by atoms with Crippen LogP contribution in [0.1, 0.15) is 206 Å². The Hall–Kier alpha value is -2.67. The number of amides is 1. The summed E-state index contributed by atoms with van der Waals surface area (Å²) in [5.74, 6) is -1.36. The fourth-order valence-corrected chi connectivity index (χ4v) is 6.25. The van der Waals surface area contributed by atoms with Crippen LogP contribution < -0.4 is 11.1 Å². The van der Waals surface area contributed by atoms with Gasteiger partial charge in [0.1, 0.15) is 12.1 Å². The number of carboxylic acid groups (broad SMARTS) is 1. The van der Waals surface area contributed by atoms with E-state index in [0.29, 0.717) is 38.6 Å². The average Bonchev–Trinajstić information content (AvgIpc) is 3.14. The summed E-state index contributed by atoms with van der Waals surface area (Å²) in [4.78, 5) is 36.3. The third kappa shape index (κ3) is 37.4. The van der Waals surface area contributed by atoms with Crippen LogP contribution in [0.4, 0.5) is 0 Å². The van der Waals surface area contributed by atoms with Gasteiger partial charge in [-0.1, -0.05) is 146 Å². The molecule has 0 spiro atoms. The molecule has 4 N–H and O–H groups in total. The van der Waals surface area contributed by atoms with Gasteiger partial charge in [0.15, 0.2) is 0 Å². The maximum Gasteiger partial charge on any atom is 0.326 e. The van der Waals surface area contributed by atoms with Crippen molar-refractivity contribution in [3.63, 3.8) is 0 Å². The van der Waals surface area contributed by atoms with Gasteiger partial charge in [-0.2, -0.15) is 0 Å². The monoisotopic (exact) mass is 743 g/mol. The minimum Gasteiger partial charge on any atom is -0.480 e. The minimum atomic E-state index is -1.02. The molecule has 0 aliphatic heterocycles. The van der Waals surface area contributed by atoms with Crippen LogP contribution in [-0.4, -0.2) is 41.6 Å². The van der Waals surface area contributed by atoms with Gasteiger partial charge in [-0.3, -0.25) is 9.59 Å². The molecule has 0 fully saturated rings. The van der Waals surface area contributed by atoms with E-state index in [9.17, 15) is 19.5 Å². The zero-order valence-electron chi connectivity index (χ0n) is 34.4. The average molecular weight is 743 g/mol. The largest absolute Gasteiger partial charge is 0.480 e. The van der Waals surface area contributed by atoms with Crippen LogP contribution in [0.25, 0.3) is 0 Å². The Balaban J connectivity index is 4.28. The lowest BCUT2D eigenvalue weighted by Gasteiger charge is -2.15. The van der Waals surface area contributed by atoms with Gasteiger partial charge >= 0.3 is 11.9 Å². The van der Waals surface area contributed by atoms with Crippen molar-refractivity contribution in [3.05, 3.63) is 48.6 Å². The standard InChI is InChI=1S/C46H82N2O5/c1-3-5-7-9-11-13-14-15-16-17-18-19-20-21-22-24-26-28-34-40-45(50)53-42(36-31-27-25-23-12-10-8-6-4-2)37-32-29-30-33-39-44(49)48-43(46(51)52)38-35-41-47/h11,13,15-16,23,25,31,36,42-43H,3-10,12,14,17-22,24,26-30,32-35,37-41,47H2,1-2H3,(H,48,49)(H,51,52)/b13-11-,16-15-,25-23-,36-31-. The Kier molecular flexibility index (Phi) is 38.5. The first-order valence-electron chi connectivity index (χ1n) is 22.0. The molecule has 0 rings (SSSR count). The molecule has 2 atom stereocenters. The molecule has 0 aliphatic carbocycles. The first kappa shape index (κ1) is 50.3. The number of esters is 1. The minimum absolute atomic E-state index is 0.109. The quantitative estimate of drug-likeness (QED) is 0.0328. The van der Waals surface area contributed by atoms with Gasteiger partial charge in [-0.15, -0.1) is 0 Å². The SMILES string of the molecule is CCCCC/C=C\C/C=C\CCCCCCCCCCCC(=O)OC(/C=C\C/C=C\CCCCCC)CCCCCCC(=O)NC(CCCN)C(=O)O. The molecule has 2 unspecified atom stereocenters. The summed E-state index contributed by atoms with van der Waals surface area (Å²) >= 11 is 0. The van der Waals surface area contributed by atoms with Crippen molar-refractivity contribution < 1.29 is 24.2 Å². The molecular weight excluding hydrogens is 661 g/mol. The number of ether oxygens (including phenoxy) is 1. The first-order valence-corrected chi connectivity index (χ1v) is 22.0. The Morgan fingerprint density at radius 3 is 1.60 bits per heavy atom. The highest BCUT2D eigenvalue weighted by Gasteiger charge is 2.19. The predicted octanol–water partition coefficient (Wildman–Crippen LogP) is 12.4. The van der Waals surface area contributed by atoms with Crippen LogP contribution in [-0.2, 0) is 19.1 Å². The van der Waals surface area contributed by atoms with Gasteiger partial charge < -0.3 is 20.9 Å². The number of allylic oxidation sites excluding steroid dienone is 7. The third-order valence-electron chi connectivity index (χ3n) is 9.60. The fourth-order valence-electron chi connectivity index (χ4n) is 6.25. The van der Waals surface area contributed by atoms with E-state index in [1.165, 1.54) is 103 Å². The molecule has 0 heterocycles. The van der Waals surface area contributed by atoms with Crippen molar-refractivity contribution in [1.29, 1.82) is 0 Å². The zero-order chi connectivity index (χ0) is 38.9. The van der Waals surface area contributed by atoms with Gasteiger partial charge in [-0.05, 0) is 103 Å². The number of nitrogens with two attached hydrogens (primary N) is 1. The number of unbranched alkanes of at least 4 members (excludes halogenated alkanes) is 19. The number of hydrogen-bond donors (Lipinski definition) is 3. The van der Waals surface area contributed by atoms with Crippen molar-refractivity contribution >= 4 is 17.8 Å². The van der Waals surface area contributed by atoms with Gasteiger partial charge in [0.25, 0.3) is 0 Å². The van der Waals surface area contributed by atoms with Gasteiger partial charge in [0.05, 0.1) is 0 Å². The van der Waals surface area contributed by atoms with Crippen molar-refractivity contribution in [3.8, 4) is 0 Å². The summed E-state index contributed by atoms with van der Waals surface area (Å²) in [6.45, 7) is 4.88. The van der Waals surface area contributed by atoms with E-state index in [-0.39, 0.29) is 18.0 Å². The Bertz CT molecular complexity index is 973. The summed E-state index contributed by atoms with van der Waals surface area (Å²) in [5.41, 5.74) is 5.48. The highest BCUT2D eigenvalue weighted by Crippen LogP contribution is 2.15. The Labute approximate surface area is 326 Å². The number of carbonyl (C=O) groups excluding carboxylic acids is 2. The number of carboxylic acids is 1. The van der Waals surface area contributed by atoms with Crippen molar-refractivity contribution in [2.24, 2.45) is 5.73 Å². The third-order valence-corrected chi connectivity index (χ3v) is 9.60. The van der Waals surface area contributed by atoms with Crippen molar-refractivity contribution in [1.82, 2.24) is 5.32 Å². The second-order valence-electron chi connectivity index (χ2n) is 14.7. The van der Waals surface area contributed by atoms with E-state index < -0.39 is 12.0 Å². The summed E-state index contributed by atoms with van der Waals surface area (Å²) in [7, 11) is 0. The van der Waals surface area contributed by atoms with Gasteiger partial charge in [0.2, 0.25) is 5.91 Å². The summed E-state index contributed by atoms with van der Waals surface area (Å²) in [6, 6.07) is -0.875. The fraction of sp³-hybridized carbons (Fsp3) is 0.761. The molecule has 0 aliphatic rings. The van der Waals surface area contributed by atoms with Gasteiger partial charge in [-0.25, -0.2) is 4.79 Å². The molecule has 0 saturated carbocycles. The van der Waals surface area contributed by atoms with Crippen molar-refractivity contribution in [2.75, 3.05) is 6.54 Å². The van der Waals surface area contributed by atoms with Crippen LogP contribution in [0, 0.1) is 0 Å². The van der Waals surface area contributed by atoms with E-state index in [1.807, 2.05) is 6.08 Å². The number of hydrogen-bond acceptors (Lipinski definition) is 5. The maximum atomic E-state index is 12.7. The molecular formula is C46H82N2O5. The summed E-state index contributed by atoms with van der Waals surface area (Å²) in [6.07, 6.45) is 48.9. The molecule has 7 heteroatoms. The van der Waals surface area contributed by atoms with Gasteiger partial charge in [0, 0.05) is 12.8 Å². The Morgan fingerprint density at radius 1 is 0.566 bits per heavy atom. The molecule has 0 radical (unpaired) electrons.